The van der Waals surface area contributed by atoms with Gasteiger partial charge in [0.1, 0.15) is 5.65 Å². The number of fused-ring (bicyclic) bond motifs is 2. The van der Waals surface area contributed by atoms with Crippen LogP contribution in [0.4, 0.5) is 5.69 Å². The third-order valence-corrected chi connectivity index (χ3v) is 4.34. The number of benzene rings is 1. The van der Waals surface area contributed by atoms with E-state index < -0.39 is 0 Å². The molecule has 0 bridgehead atoms. The summed E-state index contributed by atoms with van der Waals surface area (Å²) in [5.41, 5.74) is 13.3. The standard InChI is InChI=1S/C17H17N3/c1-20-8-7-12-9-13(10-19-17(12)20)15-6-5-11-3-2-4-14(11)16(15)18/h5-10H,2-4,18H2,1H3. The van der Waals surface area contributed by atoms with E-state index in [0.29, 0.717) is 0 Å². The maximum atomic E-state index is 6.38. The molecule has 0 spiro atoms. The lowest BCUT2D eigenvalue weighted by molar-refractivity contribution is 0.912. The number of anilines is 1. The van der Waals surface area contributed by atoms with Crippen molar-refractivity contribution in [1.82, 2.24) is 9.55 Å². The molecule has 0 saturated heterocycles. The van der Waals surface area contributed by atoms with Crippen LogP contribution in [-0.2, 0) is 19.9 Å². The van der Waals surface area contributed by atoms with Crippen LogP contribution in [0.3, 0.4) is 0 Å². The monoisotopic (exact) mass is 263 g/mol. The number of aromatic nitrogens is 2. The van der Waals surface area contributed by atoms with Crippen LogP contribution >= 0.6 is 0 Å². The highest BCUT2D eigenvalue weighted by Crippen LogP contribution is 2.35. The largest absolute Gasteiger partial charge is 0.398 e. The van der Waals surface area contributed by atoms with Gasteiger partial charge in [-0.05, 0) is 42.5 Å². The first-order valence-electron chi connectivity index (χ1n) is 7.06. The number of nitrogen functional groups attached to an aromatic ring is 1. The van der Waals surface area contributed by atoms with Crippen molar-refractivity contribution < 1.29 is 0 Å². The molecular formula is C17H17N3. The summed E-state index contributed by atoms with van der Waals surface area (Å²) in [6, 6.07) is 8.64. The van der Waals surface area contributed by atoms with Crippen LogP contribution in [0.2, 0.25) is 0 Å². The van der Waals surface area contributed by atoms with Crippen molar-refractivity contribution in [3.8, 4) is 11.1 Å². The Bertz CT molecular complexity index is 814. The van der Waals surface area contributed by atoms with Crippen LogP contribution < -0.4 is 5.73 Å². The quantitative estimate of drug-likeness (QED) is 0.684. The van der Waals surface area contributed by atoms with Gasteiger partial charge in [-0.15, -0.1) is 0 Å². The Balaban J connectivity index is 1.91. The summed E-state index contributed by atoms with van der Waals surface area (Å²) in [7, 11) is 2.01. The first-order chi connectivity index (χ1) is 9.74. The van der Waals surface area contributed by atoms with Crippen molar-refractivity contribution in [3.05, 3.63) is 47.8 Å². The SMILES string of the molecule is Cn1ccc2cc(-c3ccc4c(c3N)CCC4)cnc21. The van der Waals surface area contributed by atoms with Gasteiger partial charge in [0, 0.05) is 41.6 Å². The second kappa shape index (κ2) is 4.10. The van der Waals surface area contributed by atoms with E-state index in [2.05, 4.69) is 29.2 Å². The van der Waals surface area contributed by atoms with Gasteiger partial charge in [0.25, 0.3) is 0 Å². The molecule has 3 nitrogen and oxygen atoms in total. The van der Waals surface area contributed by atoms with E-state index in [1.165, 1.54) is 17.5 Å². The van der Waals surface area contributed by atoms with E-state index in [-0.39, 0.29) is 0 Å². The van der Waals surface area contributed by atoms with Gasteiger partial charge >= 0.3 is 0 Å². The molecule has 0 saturated carbocycles. The fourth-order valence-electron chi connectivity index (χ4n) is 3.25. The molecule has 1 aliphatic carbocycles. The minimum absolute atomic E-state index is 0.942. The Morgan fingerprint density at radius 1 is 1.20 bits per heavy atom. The lowest BCUT2D eigenvalue weighted by Gasteiger charge is -2.11. The molecule has 100 valence electrons. The summed E-state index contributed by atoms with van der Waals surface area (Å²) in [4.78, 5) is 4.56. The fourth-order valence-corrected chi connectivity index (χ4v) is 3.25. The molecule has 4 rings (SSSR count). The molecule has 0 fully saturated rings. The molecule has 1 aliphatic rings. The zero-order valence-corrected chi connectivity index (χ0v) is 11.6. The minimum Gasteiger partial charge on any atom is -0.398 e. The van der Waals surface area contributed by atoms with E-state index in [9.17, 15) is 0 Å². The van der Waals surface area contributed by atoms with E-state index in [1.807, 2.05) is 24.0 Å². The Labute approximate surface area is 118 Å². The highest BCUT2D eigenvalue weighted by atomic mass is 15.0. The molecule has 2 N–H and O–H groups in total. The molecule has 0 aliphatic heterocycles. The van der Waals surface area contributed by atoms with E-state index >= 15 is 0 Å². The number of rotatable bonds is 1. The molecule has 3 heteroatoms. The predicted octanol–water partition coefficient (Wildman–Crippen LogP) is 3.31. The lowest BCUT2D eigenvalue weighted by Crippen LogP contribution is -1.97. The highest BCUT2D eigenvalue weighted by Gasteiger charge is 2.17. The Hall–Kier alpha value is -2.29. The maximum absolute atomic E-state index is 6.38. The summed E-state index contributed by atoms with van der Waals surface area (Å²) in [6.07, 6.45) is 7.45. The van der Waals surface area contributed by atoms with Crippen molar-refractivity contribution in [3.63, 3.8) is 0 Å². The van der Waals surface area contributed by atoms with Gasteiger partial charge in [-0.2, -0.15) is 0 Å². The van der Waals surface area contributed by atoms with Crippen molar-refractivity contribution in [2.75, 3.05) is 5.73 Å². The zero-order valence-electron chi connectivity index (χ0n) is 11.6. The third kappa shape index (κ3) is 1.56. The summed E-state index contributed by atoms with van der Waals surface area (Å²) in [6.45, 7) is 0. The lowest BCUT2D eigenvalue weighted by atomic mass is 9.98. The molecule has 0 radical (unpaired) electrons. The topological polar surface area (TPSA) is 43.8 Å². The van der Waals surface area contributed by atoms with Gasteiger partial charge in [0.15, 0.2) is 0 Å². The van der Waals surface area contributed by atoms with Gasteiger partial charge < -0.3 is 10.3 Å². The Morgan fingerprint density at radius 3 is 3.00 bits per heavy atom. The molecule has 20 heavy (non-hydrogen) atoms. The van der Waals surface area contributed by atoms with E-state index in [4.69, 9.17) is 5.73 Å². The molecule has 1 aromatic carbocycles. The van der Waals surface area contributed by atoms with Crippen molar-refractivity contribution in [2.45, 2.75) is 19.3 Å². The van der Waals surface area contributed by atoms with Crippen LogP contribution in [0.15, 0.2) is 36.7 Å². The minimum atomic E-state index is 0.942. The van der Waals surface area contributed by atoms with Crippen LogP contribution in [0.1, 0.15) is 17.5 Å². The second-order valence-corrected chi connectivity index (χ2v) is 5.58. The molecule has 3 aromatic rings. The normalized spacial score (nSPS) is 13.8. The molecule has 2 aromatic heterocycles. The molecule has 2 heterocycles. The van der Waals surface area contributed by atoms with Gasteiger partial charge in [-0.1, -0.05) is 12.1 Å². The first kappa shape index (κ1) is 11.5. The number of pyridine rings is 1. The second-order valence-electron chi connectivity index (χ2n) is 5.58. The number of hydrogen-bond donors (Lipinski definition) is 1. The number of aryl methyl sites for hydroxylation is 2. The molecule has 0 atom stereocenters. The Morgan fingerprint density at radius 2 is 2.10 bits per heavy atom. The molecule has 0 unspecified atom stereocenters. The third-order valence-electron chi connectivity index (χ3n) is 4.34. The highest BCUT2D eigenvalue weighted by molar-refractivity contribution is 5.86. The van der Waals surface area contributed by atoms with Gasteiger partial charge in [-0.3, -0.25) is 0 Å². The average Bonchev–Trinajstić information content (AvgIpc) is 3.07. The maximum Gasteiger partial charge on any atom is 0.139 e. The number of hydrogen-bond acceptors (Lipinski definition) is 2. The van der Waals surface area contributed by atoms with Crippen LogP contribution in [0.25, 0.3) is 22.2 Å². The smallest absolute Gasteiger partial charge is 0.139 e. The van der Waals surface area contributed by atoms with Gasteiger partial charge in [0.05, 0.1) is 0 Å². The van der Waals surface area contributed by atoms with Crippen LogP contribution in [-0.4, -0.2) is 9.55 Å². The number of nitrogens with zero attached hydrogens (tertiary/aromatic N) is 2. The van der Waals surface area contributed by atoms with Crippen LogP contribution in [0.5, 0.6) is 0 Å². The summed E-state index contributed by atoms with van der Waals surface area (Å²) in [5, 5.41) is 1.16. The van der Waals surface area contributed by atoms with E-state index in [1.54, 1.807) is 0 Å². The van der Waals surface area contributed by atoms with Crippen molar-refractivity contribution in [2.24, 2.45) is 7.05 Å². The van der Waals surface area contributed by atoms with Crippen molar-refractivity contribution >= 4 is 16.7 Å². The predicted molar refractivity (Wildman–Crippen MR) is 82.6 cm³/mol. The number of nitrogens with two attached hydrogens (primary N) is 1. The van der Waals surface area contributed by atoms with Gasteiger partial charge in [-0.25, -0.2) is 4.98 Å². The average molecular weight is 263 g/mol. The summed E-state index contributed by atoms with van der Waals surface area (Å²) in [5.74, 6) is 0. The van der Waals surface area contributed by atoms with Gasteiger partial charge in [0.2, 0.25) is 0 Å². The Kier molecular flexibility index (Phi) is 2.36. The van der Waals surface area contributed by atoms with Crippen LogP contribution in [0, 0.1) is 0 Å². The molecule has 0 amide bonds. The summed E-state index contributed by atoms with van der Waals surface area (Å²) < 4.78 is 2.03. The summed E-state index contributed by atoms with van der Waals surface area (Å²) >= 11 is 0. The van der Waals surface area contributed by atoms with E-state index in [0.717, 1.165) is 40.7 Å². The first-order valence-corrected chi connectivity index (χ1v) is 7.06. The fraction of sp³-hybridized carbons (Fsp3) is 0.235. The van der Waals surface area contributed by atoms with Crippen molar-refractivity contribution in [1.29, 1.82) is 0 Å². The zero-order chi connectivity index (χ0) is 13.7. The molecular weight excluding hydrogens is 246 g/mol.